The lowest BCUT2D eigenvalue weighted by Gasteiger charge is -2.26. The summed E-state index contributed by atoms with van der Waals surface area (Å²) in [4.78, 5) is 25.4. The van der Waals surface area contributed by atoms with E-state index in [1.54, 1.807) is 17.0 Å². The van der Waals surface area contributed by atoms with Crippen LogP contribution in [0.2, 0.25) is 0 Å². The largest absolute Gasteiger partial charge is 0.467 e. The summed E-state index contributed by atoms with van der Waals surface area (Å²) in [7, 11) is 0. The third kappa shape index (κ3) is 3.19. The number of aliphatic hydroxyl groups is 1. The predicted octanol–water partition coefficient (Wildman–Crippen LogP) is 0.830. The minimum atomic E-state index is -0.874. The number of hydrogen-bond acceptors (Lipinski definition) is 4. The Kier molecular flexibility index (Phi) is 4.79. The Hall–Kier alpha value is -1.82. The average molecular weight is 280 g/mol. The number of carbonyl (C=O) groups excluding carboxylic acids is 2. The third-order valence-corrected chi connectivity index (χ3v) is 3.52. The maximum Gasteiger partial charge on any atom is 0.242 e. The molecule has 2 rings (SSSR count). The standard InChI is InChI=1S/C14H20N2O4/c1-2-10(16-7-3-6-13(16)18)14(19)15-9-11(17)12-5-4-8-20-12/h4-5,8,10-11,17H,2-3,6-7,9H2,1H3,(H,15,19). The maximum atomic E-state index is 12.1. The van der Waals surface area contributed by atoms with Crippen molar-refractivity contribution in [1.29, 1.82) is 0 Å². The molecule has 1 aromatic rings. The second kappa shape index (κ2) is 6.56. The molecule has 0 radical (unpaired) electrons. The Labute approximate surface area is 117 Å². The normalized spacial score (nSPS) is 18.1. The van der Waals surface area contributed by atoms with Crippen molar-refractivity contribution in [3.63, 3.8) is 0 Å². The number of nitrogens with one attached hydrogen (secondary N) is 1. The molecule has 2 atom stereocenters. The number of nitrogens with zero attached hydrogens (tertiary/aromatic N) is 1. The molecule has 0 aromatic carbocycles. The summed E-state index contributed by atoms with van der Waals surface area (Å²) in [6.07, 6.45) is 2.48. The zero-order valence-electron chi connectivity index (χ0n) is 11.5. The third-order valence-electron chi connectivity index (χ3n) is 3.52. The van der Waals surface area contributed by atoms with Crippen LogP contribution in [0.5, 0.6) is 0 Å². The first-order valence-electron chi connectivity index (χ1n) is 6.92. The lowest BCUT2D eigenvalue weighted by Crippen LogP contribution is -2.47. The van der Waals surface area contributed by atoms with E-state index in [0.29, 0.717) is 25.1 Å². The number of likely N-dealkylation sites (tertiary alicyclic amines) is 1. The lowest BCUT2D eigenvalue weighted by atomic mass is 10.1. The van der Waals surface area contributed by atoms with E-state index in [4.69, 9.17) is 4.42 Å². The summed E-state index contributed by atoms with van der Waals surface area (Å²) in [5.41, 5.74) is 0. The van der Waals surface area contributed by atoms with E-state index in [2.05, 4.69) is 5.32 Å². The van der Waals surface area contributed by atoms with Crippen LogP contribution in [0.25, 0.3) is 0 Å². The van der Waals surface area contributed by atoms with E-state index in [0.717, 1.165) is 6.42 Å². The highest BCUT2D eigenvalue weighted by Crippen LogP contribution is 2.16. The van der Waals surface area contributed by atoms with Gasteiger partial charge in [0.25, 0.3) is 0 Å². The predicted molar refractivity (Wildman–Crippen MR) is 71.7 cm³/mol. The lowest BCUT2D eigenvalue weighted by molar-refractivity contribution is -0.137. The summed E-state index contributed by atoms with van der Waals surface area (Å²) in [5.74, 6) is 0.211. The molecule has 0 aliphatic carbocycles. The van der Waals surface area contributed by atoms with Gasteiger partial charge in [-0.15, -0.1) is 0 Å². The highest BCUT2D eigenvalue weighted by Gasteiger charge is 2.31. The van der Waals surface area contributed by atoms with E-state index in [9.17, 15) is 14.7 Å². The van der Waals surface area contributed by atoms with Crippen LogP contribution in [0.1, 0.15) is 38.1 Å². The van der Waals surface area contributed by atoms with Crippen LogP contribution < -0.4 is 5.32 Å². The molecule has 2 unspecified atom stereocenters. The van der Waals surface area contributed by atoms with E-state index in [1.807, 2.05) is 6.92 Å². The van der Waals surface area contributed by atoms with Crippen LogP contribution in [-0.2, 0) is 9.59 Å². The fourth-order valence-electron chi connectivity index (χ4n) is 2.44. The van der Waals surface area contributed by atoms with Crippen molar-refractivity contribution in [1.82, 2.24) is 10.2 Å². The molecule has 2 N–H and O–H groups in total. The van der Waals surface area contributed by atoms with Gasteiger partial charge in [-0.1, -0.05) is 6.92 Å². The number of rotatable bonds is 6. The molecule has 1 saturated heterocycles. The van der Waals surface area contributed by atoms with Crippen LogP contribution in [-0.4, -0.2) is 41.0 Å². The molecule has 2 heterocycles. The molecular formula is C14H20N2O4. The monoisotopic (exact) mass is 280 g/mol. The molecular weight excluding hydrogens is 260 g/mol. The van der Waals surface area contributed by atoms with Gasteiger partial charge in [-0.3, -0.25) is 9.59 Å². The molecule has 6 heteroatoms. The number of hydrogen-bond donors (Lipinski definition) is 2. The van der Waals surface area contributed by atoms with Crippen LogP contribution >= 0.6 is 0 Å². The van der Waals surface area contributed by atoms with Gasteiger partial charge in [-0.25, -0.2) is 0 Å². The van der Waals surface area contributed by atoms with Crippen molar-refractivity contribution < 1.29 is 19.1 Å². The van der Waals surface area contributed by atoms with Crippen molar-refractivity contribution >= 4 is 11.8 Å². The van der Waals surface area contributed by atoms with Gasteiger partial charge in [0, 0.05) is 13.0 Å². The second-order valence-electron chi connectivity index (χ2n) is 4.89. The molecule has 0 bridgehead atoms. The van der Waals surface area contributed by atoms with Gasteiger partial charge in [0.2, 0.25) is 11.8 Å². The molecule has 6 nitrogen and oxygen atoms in total. The summed E-state index contributed by atoms with van der Waals surface area (Å²) in [6, 6.07) is 2.88. The highest BCUT2D eigenvalue weighted by atomic mass is 16.4. The molecule has 110 valence electrons. The molecule has 1 fully saturated rings. The van der Waals surface area contributed by atoms with E-state index in [1.165, 1.54) is 6.26 Å². The van der Waals surface area contributed by atoms with Gasteiger partial charge in [-0.05, 0) is 25.0 Å². The van der Waals surface area contributed by atoms with Crippen molar-refractivity contribution in [2.24, 2.45) is 0 Å². The van der Waals surface area contributed by atoms with Gasteiger partial charge in [-0.2, -0.15) is 0 Å². The second-order valence-corrected chi connectivity index (χ2v) is 4.89. The minimum Gasteiger partial charge on any atom is -0.467 e. The first kappa shape index (κ1) is 14.6. The fraction of sp³-hybridized carbons (Fsp3) is 0.571. The van der Waals surface area contributed by atoms with Crippen LogP contribution in [0, 0.1) is 0 Å². The van der Waals surface area contributed by atoms with E-state index < -0.39 is 12.1 Å². The molecule has 20 heavy (non-hydrogen) atoms. The highest BCUT2D eigenvalue weighted by molar-refractivity contribution is 5.88. The summed E-state index contributed by atoms with van der Waals surface area (Å²) in [6.45, 7) is 2.58. The summed E-state index contributed by atoms with van der Waals surface area (Å²) in [5, 5.41) is 12.5. The van der Waals surface area contributed by atoms with Gasteiger partial charge in [0.05, 0.1) is 12.8 Å². The summed E-state index contributed by atoms with van der Waals surface area (Å²) < 4.78 is 5.07. The fourth-order valence-corrected chi connectivity index (χ4v) is 2.44. The number of carbonyl (C=O) groups is 2. The van der Waals surface area contributed by atoms with Gasteiger partial charge in [0.1, 0.15) is 17.9 Å². The van der Waals surface area contributed by atoms with Crippen LogP contribution in [0.4, 0.5) is 0 Å². The zero-order valence-corrected chi connectivity index (χ0v) is 11.5. The molecule has 0 spiro atoms. The van der Waals surface area contributed by atoms with Crippen molar-refractivity contribution in [3.8, 4) is 0 Å². The van der Waals surface area contributed by atoms with Crippen molar-refractivity contribution in [2.75, 3.05) is 13.1 Å². The van der Waals surface area contributed by atoms with E-state index >= 15 is 0 Å². The van der Waals surface area contributed by atoms with Gasteiger partial charge >= 0.3 is 0 Å². The van der Waals surface area contributed by atoms with Crippen LogP contribution in [0.3, 0.4) is 0 Å². The number of amides is 2. The van der Waals surface area contributed by atoms with E-state index in [-0.39, 0.29) is 18.4 Å². The number of aliphatic hydroxyl groups excluding tert-OH is 1. The Balaban J connectivity index is 1.88. The Morgan fingerprint density at radius 2 is 2.40 bits per heavy atom. The van der Waals surface area contributed by atoms with Crippen molar-refractivity contribution in [2.45, 2.75) is 38.3 Å². The zero-order chi connectivity index (χ0) is 14.5. The van der Waals surface area contributed by atoms with Gasteiger partial charge < -0.3 is 19.7 Å². The maximum absolute atomic E-state index is 12.1. The Bertz CT molecular complexity index is 458. The average Bonchev–Trinajstić information content (AvgIpc) is 3.09. The molecule has 1 aliphatic rings. The smallest absolute Gasteiger partial charge is 0.242 e. The molecule has 0 saturated carbocycles. The Morgan fingerprint density at radius 3 is 2.95 bits per heavy atom. The molecule has 1 aromatic heterocycles. The summed E-state index contributed by atoms with van der Waals surface area (Å²) >= 11 is 0. The van der Waals surface area contributed by atoms with Crippen LogP contribution in [0.15, 0.2) is 22.8 Å². The molecule has 1 aliphatic heterocycles. The topological polar surface area (TPSA) is 82.8 Å². The number of furan rings is 1. The quantitative estimate of drug-likeness (QED) is 0.808. The Morgan fingerprint density at radius 1 is 1.60 bits per heavy atom. The first-order valence-corrected chi connectivity index (χ1v) is 6.92. The first-order chi connectivity index (χ1) is 9.63. The van der Waals surface area contributed by atoms with Gasteiger partial charge in [0.15, 0.2) is 0 Å². The SMILES string of the molecule is CCC(C(=O)NCC(O)c1ccco1)N1CCCC1=O. The van der Waals surface area contributed by atoms with Crippen molar-refractivity contribution in [3.05, 3.63) is 24.2 Å². The minimum absolute atomic E-state index is 0.0265. The molecule has 2 amide bonds.